The lowest BCUT2D eigenvalue weighted by Gasteiger charge is -2.28. The Kier molecular flexibility index (Phi) is 6.90. The molecule has 146 valence electrons. The average molecular weight is 420 g/mol. The maximum Gasteiger partial charge on any atom is 0.241 e. The summed E-state index contributed by atoms with van der Waals surface area (Å²) in [5.74, 6) is -0.705. The van der Waals surface area contributed by atoms with E-state index in [9.17, 15) is 9.18 Å². The van der Waals surface area contributed by atoms with Gasteiger partial charge in [-0.25, -0.2) is 4.39 Å². The number of halogens is 3. The molecule has 28 heavy (non-hydrogen) atoms. The molecule has 3 rings (SSSR count). The van der Waals surface area contributed by atoms with Gasteiger partial charge in [-0.2, -0.15) is 5.26 Å². The Morgan fingerprint density at radius 1 is 1.25 bits per heavy atom. The molecule has 0 radical (unpaired) electrons. The average Bonchev–Trinajstić information content (AvgIpc) is 3.13. The first-order chi connectivity index (χ1) is 13.5. The van der Waals surface area contributed by atoms with E-state index in [4.69, 9.17) is 28.5 Å². The van der Waals surface area contributed by atoms with Crippen molar-refractivity contribution < 1.29 is 9.18 Å². The van der Waals surface area contributed by atoms with Gasteiger partial charge in [-0.1, -0.05) is 41.4 Å². The van der Waals surface area contributed by atoms with E-state index in [-0.39, 0.29) is 37.1 Å². The van der Waals surface area contributed by atoms with Crippen molar-refractivity contribution in [2.75, 3.05) is 24.5 Å². The molecule has 0 aromatic heterocycles. The molecule has 2 aromatic rings. The number of para-hydroxylation sites is 1. The molecule has 1 atom stereocenters. The van der Waals surface area contributed by atoms with E-state index >= 15 is 0 Å². The molecular weight excluding hydrogens is 400 g/mol. The molecule has 1 fully saturated rings. The van der Waals surface area contributed by atoms with E-state index in [0.29, 0.717) is 10.0 Å². The number of hydrogen-bond donors (Lipinski definition) is 0. The van der Waals surface area contributed by atoms with Crippen LogP contribution in [0, 0.1) is 17.1 Å². The van der Waals surface area contributed by atoms with Crippen molar-refractivity contribution in [2.45, 2.75) is 25.3 Å². The van der Waals surface area contributed by atoms with E-state index < -0.39 is 5.82 Å². The maximum atomic E-state index is 14.2. The zero-order valence-corrected chi connectivity index (χ0v) is 16.8. The second-order valence-electron chi connectivity index (χ2n) is 6.71. The quantitative estimate of drug-likeness (QED) is 0.644. The molecule has 1 amide bonds. The van der Waals surface area contributed by atoms with Crippen LogP contribution in [0.4, 0.5) is 10.1 Å². The highest BCUT2D eigenvalue weighted by Crippen LogP contribution is 2.35. The fraction of sp³-hybridized carbons (Fsp3) is 0.333. The molecule has 7 heteroatoms. The van der Waals surface area contributed by atoms with Crippen LogP contribution in [0.3, 0.4) is 0 Å². The molecular formula is C21H20Cl2FN3O. The number of carbonyl (C=O) groups excluding carboxylic acids is 1. The molecule has 4 nitrogen and oxygen atoms in total. The van der Waals surface area contributed by atoms with Crippen LogP contribution in [-0.4, -0.2) is 30.4 Å². The summed E-state index contributed by atoms with van der Waals surface area (Å²) >= 11 is 12.2. The lowest BCUT2D eigenvalue weighted by atomic mass is 10.0. The maximum absolute atomic E-state index is 14.2. The van der Waals surface area contributed by atoms with Crippen LogP contribution in [0.1, 0.15) is 30.9 Å². The van der Waals surface area contributed by atoms with Gasteiger partial charge in [0.2, 0.25) is 5.91 Å². The van der Waals surface area contributed by atoms with Crippen LogP contribution in [0.25, 0.3) is 0 Å². The number of nitrogens with zero attached hydrogens (tertiary/aromatic N) is 3. The molecule has 0 aliphatic carbocycles. The Labute approximate surface area is 174 Å². The molecule has 0 bridgehead atoms. The van der Waals surface area contributed by atoms with E-state index in [1.165, 1.54) is 11.0 Å². The van der Waals surface area contributed by atoms with Gasteiger partial charge in [-0.05, 0) is 49.2 Å². The molecule has 1 heterocycles. The third-order valence-corrected chi connectivity index (χ3v) is 5.66. The van der Waals surface area contributed by atoms with Crippen molar-refractivity contribution in [3.05, 3.63) is 63.9 Å². The molecule has 1 saturated heterocycles. The van der Waals surface area contributed by atoms with E-state index in [1.807, 2.05) is 18.2 Å². The minimum Gasteiger partial charge on any atom is -0.308 e. The van der Waals surface area contributed by atoms with Crippen LogP contribution < -0.4 is 4.90 Å². The van der Waals surface area contributed by atoms with Crippen molar-refractivity contribution >= 4 is 34.8 Å². The largest absolute Gasteiger partial charge is 0.308 e. The van der Waals surface area contributed by atoms with Crippen LogP contribution >= 0.6 is 23.2 Å². The van der Waals surface area contributed by atoms with Gasteiger partial charge >= 0.3 is 0 Å². The third-order valence-electron chi connectivity index (χ3n) is 4.92. The third kappa shape index (κ3) is 4.64. The van der Waals surface area contributed by atoms with Gasteiger partial charge < -0.3 is 4.90 Å². The van der Waals surface area contributed by atoms with Gasteiger partial charge in [0.15, 0.2) is 0 Å². The molecule has 0 spiro atoms. The monoisotopic (exact) mass is 419 g/mol. The van der Waals surface area contributed by atoms with Crippen LogP contribution in [0.2, 0.25) is 10.0 Å². The number of nitriles is 1. The highest BCUT2D eigenvalue weighted by Gasteiger charge is 2.30. The lowest BCUT2D eigenvalue weighted by molar-refractivity contribution is -0.120. The van der Waals surface area contributed by atoms with Gasteiger partial charge in [0.1, 0.15) is 5.82 Å². The molecule has 0 saturated carbocycles. The number of rotatable bonds is 6. The fourth-order valence-corrected chi connectivity index (χ4v) is 3.89. The molecule has 0 unspecified atom stereocenters. The van der Waals surface area contributed by atoms with Gasteiger partial charge in [0.25, 0.3) is 0 Å². The number of amides is 1. The topological polar surface area (TPSA) is 47.3 Å². The SMILES string of the molecule is N#CCCN(C(=O)CN1CCC[C@@H]1c1ccc(Cl)c(Cl)c1)c1ccccc1F. The second-order valence-corrected chi connectivity index (χ2v) is 7.52. The first-order valence-corrected chi connectivity index (χ1v) is 9.87. The number of benzene rings is 2. The first kappa shape index (κ1) is 20.6. The van der Waals surface area contributed by atoms with Gasteiger partial charge in [0.05, 0.1) is 34.8 Å². The van der Waals surface area contributed by atoms with E-state index in [2.05, 4.69) is 4.90 Å². The van der Waals surface area contributed by atoms with Gasteiger partial charge in [-0.15, -0.1) is 0 Å². The summed E-state index contributed by atoms with van der Waals surface area (Å²) in [7, 11) is 0. The molecule has 0 N–H and O–H groups in total. The fourth-order valence-electron chi connectivity index (χ4n) is 3.58. The number of likely N-dealkylation sites (tertiary alicyclic amines) is 1. The minimum atomic E-state index is -0.476. The van der Waals surface area contributed by atoms with Gasteiger partial charge in [-0.3, -0.25) is 9.69 Å². The van der Waals surface area contributed by atoms with Crippen molar-refractivity contribution in [1.82, 2.24) is 4.90 Å². The summed E-state index contributed by atoms with van der Waals surface area (Å²) < 4.78 is 14.2. The van der Waals surface area contributed by atoms with Crippen molar-refractivity contribution in [1.29, 1.82) is 5.26 Å². The first-order valence-electron chi connectivity index (χ1n) is 9.12. The van der Waals surface area contributed by atoms with Crippen molar-refractivity contribution in [2.24, 2.45) is 0 Å². The summed E-state index contributed by atoms with van der Waals surface area (Å²) in [6, 6.07) is 13.7. The van der Waals surface area contributed by atoms with Crippen LogP contribution in [0.5, 0.6) is 0 Å². The smallest absolute Gasteiger partial charge is 0.241 e. The highest BCUT2D eigenvalue weighted by molar-refractivity contribution is 6.42. The second kappa shape index (κ2) is 9.38. The zero-order valence-electron chi connectivity index (χ0n) is 15.2. The minimum absolute atomic E-state index is 0.0529. The Hall–Kier alpha value is -2.13. The Bertz CT molecular complexity index is 899. The number of carbonyl (C=O) groups is 1. The van der Waals surface area contributed by atoms with Crippen LogP contribution in [0.15, 0.2) is 42.5 Å². The molecule has 1 aliphatic heterocycles. The summed E-state index contributed by atoms with van der Waals surface area (Å²) in [5.41, 5.74) is 1.21. The van der Waals surface area contributed by atoms with Crippen molar-refractivity contribution in [3.8, 4) is 6.07 Å². The standard InChI is InChI=1S/C21H20Cl2FN3O/c22-16-9-8-15(13-17(16)23)19-7-3-11-26(19)14-21(28)27(12-4-10-25)20-6-2-1-5-18(20)24/h1-2,5-6,8-9,13,19H,3-4,7,11-12,14H2/t19-/m1/s1. The van der Waals surface area contributed by atoms with E-state index in [0.717, 1.165) is 24.9 Å². The summed E-state index contributed by atoms with van der Waals surface area (Å²) in [4.78, 5) is 16.5. The summed E-state index contributed by atoms with van der Waals surface area (Å²) in [6.07, 6.45) is 2.00. The lowest BCUT2D eigenvalue weighted by Crippen LogP contribution is -2.41. The number of anilines is 1. The predicted octanol–water partition coefficient (Wildman–Crippen LogP) is 5.22. The highest BCUT2D eigenvalue weighted by atomic mass is 35.5. The van der Waals surface area contributed by atoms with E-state index in [1.54, 1.807) is 24.3 Å². The van der Waals surface area contributed by atoms with Crippen LogP contribution in [-0.2, 0) is 4.79 Å². The Morgan fingerprint density at radius 3 is 2.75 bits per heavy atom. The molecule has 2 aromatic carbocycles. The van der Waals surface area contributed by atoms with Gasteiger partial charge in [0, 0.05) is 12.6 Å². The summed E-state index contributed by atoms with van der Waals surface area (Å²) in [5, 5.41) is 9.90. The normalized spacial score (nSPS) is 16.7. The number of hydrogen-bond acceptors (Lipinski definition) is 3. The predicted molar refractivity (Wildman–Crippen MR) is 109 cm³/mol. The van der Waals surface area contributed by atoms with Crippen molar-refractivity contribution in [3.63, 3.8) is 0 Å². The zero-order chi connectivity index (χ0) is 20.1. The Morgan fingerprint density at radius 2 is 2.04 bits per heavy atom. The molecule has 1 aliphatic rings. The Balaban J connectivity index is 1.79. The summed E-state index contributed by atoms with van der Waals surface area (Å²) in [6.45, 7) is 1.06.